The smallest absolute Gasteiger partial charge is 0.115 e. The molecular formula is C23H28N2O. The number of rotatable bonds is 1. The van der Waals surface area contributed by atoms with Crippen molar-refractivity contribution >= 4 is 5.57 Å². The predicted octanol–water partition coefficient (Wildman–Crippen LogP) is 4.71. The Balaban J connectivity index is 1.50. The number of hydrogen-bond donors (Lipinski definition) is 1. The normalized spacial score (nSPS) is 41.3. The van der Waals surface area contributed by atoms with Crippen molar-refractivity contribution in [3.63, 3.8) is 0 Å². The quantitative estimate of drug-likeness (QED) is 0.747. The Morgan fingerprint density at radius 3 is 2.69 bits per heavy atom. The van der Waals surface area contributed by atoms with Gasteiger partial charge in [-0.1, -0.05) is 43.2 Å². The average molecular weight is 348 g/mol. The molecule has 4 aliphatic carbocycles. The third-order valence-corrected chi connectivity index (χ3v) is 8.00. The Bertz CT molecular complexity index is 824. The predicted molar refractivity (Wildman–Crippen MR) is 103 cm³/mol. The Labute approximate surface area is 156 Å². The van der Waals surface area contributed by atoms with Gasteiger partial charge in [-0.15, -0.1) is 0 Å². The third-order valence-electron chi connectivity index (χ3n) is 8.00. The van der Waals surface area contributed by atoms with Gasteiger partial charge in [-0.3, -0.25) is 0 Å². The highest BCUT2D eigenvalue weighted by Crippen LogP contribution is 2.64. The van der Waals surface area contributed by atoms with E-state index in [2.05, 4.69) is 42.0 Å². The SMILES string of the molecule is CC12CCC3C(CC=C4CC(O)CCC43C)C1=CC=C2c1cncnc1. The Morgan fingerprint density at radius 1 is 1.08 bits per heavy atom. The standard InChI is InChI=1S/C23H28N2O/c1-22-9-7-17(26)11-16(22)3-4-18-20-6-5-19(15-12-24-14-25-13-15)23(20,2)10-8-21(18)22/h3,5-6,12-14,17-18,21,26H,4,7-11H2,1-2H3. The lowest BCUT2D eigenvalue weighted by Gasteiger charge is -2.56. The van der Waals surface area contributed by atoms with Crippen molar-refractivity contribution in [1.82, 2.24) is 9.97 Å². The van der Waals surface area contributed by atoms with E-state index in [0.29, 0.717) is 11.8 Å². The minimum absolute atomic E-state index is 0.127. The zero-order valence-corrected chi connectivity index (χ0v) is 15.8. The molecule has 0 radical (unpaired) electrons. The summed E-state index contributed by atoms with van der Waals surface area (Å²) in [6, 6.07) is 0. The number of hydrogen-bond acceptors (Lipinski definition) is 3. The summed E-state index contributed by atoms with van der Waals surface area (Å²) >= 11 is 0. The van der Waals surface area contributed by atoms with Crippen LogP contribution in [0.5, 0.6) is 0 Å². The topological polar surface area (TPSA) is 46.0 Å². The molecule has 0 spiro atoms. The maximum absolute atomic E-state index is 10.1. The summed E-state index contributed by atoms with van der Waals surface area (Å²) in [5.41, 5.74) is 6.12. The highest BCUT2D eigenvalue weighted by Gasteiger charge is 2.54. The summed E-state index contributed by atoms with van der Waals surface area (Å²) in [5, 5.41) is 10.1. The lowest BCUT2D eigenvalue weighted by atomic mass is 9.49. The van der Waals surface area contributed by atoms with Gasteiger partial charge in [0, 0.05) is 23.4 Å². The lowest BCUT2D eigenvalue weighted by molar-refractivity contribution is 0.0369. The van der Waals surface area contributed by atoms with Crippen LogP contribution < -0.4 is 0 Å². The van der Waals surface area contributed by atoms with E-state index in [1.54, 1.807) is 11.9 Å². The first-order chi connectivity index (χ1) is 12.5. The first-order valence-corrected chi connectivity index (χ1v) is 10.1. The van der Waals surface area contributed by atoms with Crippen LogP contribution in [0.25, 0.3) is 5.57 Å². The summed E-state index contributed by atoms with van der Waals surface area (Å²) < 4.78 is 0. The van der Waals surface area contributed by atoms with E-state index >= 15 is 0 Å². The van der Waals surface area contributed by atoms with Gasteiger partial charge in [-0.25, -0.2) is 9.97 Å². The molecule has 0 amide bonds. The molecule has 1 heterocycles. The van der Waals surface area contributed by atoms with E-state index in [1.165, 1.54) is 29.6 Å². The van der Waals surface area contributed by atoms with Gasteiger partial charge in [0.2, 0.25) is 0 Å². The molecular weight excluding hydrogens is 320 g/mol. The van der Waals surface area contributed by atoms with Crippen LogP contribution in [0.1, 0.15) is 57.9 Å². The fourth-order valence-electron chi connectivity index (χ4n) is 6.50. The van der Waals surface area contributed by atoms with Crippen LogP contribution in [0, 0.1) is 22.7 Å². The summed E-state index contributed by atoms with van der Waals surface area (Å²) in [4.78, 5) is 8.49. The maximum Gasteiger partial charge on any atom is 0.115 e. The van der Waals surface area contributed by atoms with Gasteiger partial charge in [-0.2, -0.15) is 0 Å². The number of aliphatic hydroxyl groups excluding tert-OH is 1. The van der Waals surface area contributed by atoms with Crippen LogP contribution in [-0.2, 0) is 0 Å². The molecule has 2 saturated carbocycles. The number of nitrogens with zero attached hydrogens (tertiary/aromatic N) is 2. The van der Waals surface area contributed by atoms with Crippen molar-refractivity contribution in [2.24, 2.45) is 22.7 Å². The number of aliphatic hydroxyl groups is 1. The van der Waals surface area contributed by atoms with Gasteiger partial charge in [0.05, 0.1) is 6.10 Å². The number of allylic oxidation sites excluding steroid dienone is 5. The lowest BCUT2D eigenvalue weighted by Crippen LogP contribution is -2.47. The molecule has 0 aromatic carbocycles. The van der Waals surface area contributed by atoms with Crippen LogP contribution in [0.3, 0.4) is 0 Å². The molecule has 0 aliphatic heterocycles. The summed E-state index contributed by atoms with van der Waals surface area (Å²) in [7, 11) is 0. The molecule has 3 heteroatoms. The molecule has 5 atom stereocenters. The van der Waals surface area contributed by atoms with E-state index in [-0.39, 0.29) is 16.9 Å². The molecule has 2 fully saturated rings. The van der Waals surface area contributed by atoms with Crippen molar-refractivity contribution < 1.29 is 5.11 Å². The minimum atomic E-state index is -0.128. The van der Waals surface area contributed by atoms with Gasteiger partial charge >= 0.3 is 0 Å². The summed E-state index contributed by atoms with van der Waals surface area (Å²) in [6.07, 6.45) is 19.2. The van der Waals surface area contributed by atoms with E-state index in [9.17, 15) is 5.11 Å². The maximum atomic E-state index is 10.1. The second kappa shape index (κ2) is 5.63. The molecule has 1 aromatic heterocycles. The Hall–Kier alpha value is -1.74. The van der Waals surface area contributed by atoms with Gasteiger partial charge in [0.15, 0.2) is 0 Å². The van der Waals surface area contributed by atoms with Crippen molar-refractivity contribution in [2.75, 3.05) is 0 Å². The monoisotopic (exact) mass is 348 g/mol. The van der Waals surface area contributed by atoms with Crippen molar-refractivity contribution in [3.05, 3.63) is 53.7 Å². The number of fused-ring (bicyclic) bond motifs is 5. The van der Waals surface area contributed by atoms with Gasteiger partial charge < -0.3 is 5.11 Å². The van der Waals surface area contributed by atoms with E-state index in [4.69, 9.17) is 0 Å². The molecule has 5 unspecified atom stereocenters. The molecule has 26 heavy (non-hydrogen) atoms. The van der Waals surface area contributed by atoms with E-state index in [0.717, 1.165) is 25.7 Å². The highest BCUT2D eigenvalue weighted by atomic mass is 16.3. The first kappa shape index (κ1) is 16.4. The second-order valence-electron chi connectivity index (χ2n) is 9.19. The fourth-order valence-corrected chi connectivity index (χ4v) is 6.50. The molecule has 1 aromatic rings. The first-order valence-electron chi connectivity index (χ1n) is 10.1. The van der Waals surface area contributed by atoms with E-state index < -0.39 is 0 Å². The molecule has 3 nitrogen and oxygen atoms in total. The summed E-state index contributed by atoms with van der Waals surface area (Å²) in [5.74, 6) is 1.35. The molecule has 0 bridgehead atoms. The second-order valence-corrected chi connectivity index (χ2v) is 9.19. The Morgan fingerprint density at radius 2 is 1.88 bits per heavy atom. The average Bonchev–Trinajstić information content (AvgIpc) is 3.00. The minimum Gasteiger partial charge on any atom is -0.393 e. The van der Waals surface area contributed by atoms with Crippen LogP contribution in [0.15, 0.2) is 48.1 Å². The van der Waals surface area contributed by atoms with Crippen molar-refractivity contribution in [1.29, 1.82) is 0 Å². The zero-order chi connectivity index (χ0) is 17.9. The summed E-state index contributed by atoms with van der Waals surface area (Å²) in [6.45, 7) is 4.90. The molecule has 0 saturated heterocycles. The van der Waals surface area contributed by atoms with Gasteiger partial charge in [0.25, 0.3) is 0 Å². The number of aromatic nitrogens is 2. The largest absolute Gasteiger partial charge is 0.393 e. The fraction of sp³-hybridized carbons (Fsp3) is 0.565. The molecule has 1 N–H and O–H groups in total. The third kappa shape index (κ3) is 2.16. The highest BCUT2D eigenvalue weighted by molar-refractivity contribution is 5.77. The van der Waals surface area contributed by atoms with Crippen LogP contribution in [0.2, 0.25) is 0 Å². The molecule has 5 rings (SSSR count). The van der Waals surface area contributed by atoms with Crippen LogP contribution >= 0.6 is 0 Å². The Kier molecular flexibility index (Phi) is 3.56. The molecule has 4 aliphatic rings. The van der Waals surface area contributed by atoms with Crippen molar-refractivity contribution in [3.8, 4) is 0 Å². The van der Waals surface area contributed by atoms with Gasteiger partial charge in [-0.05, 0) is 61.3 Å². The van der Waals surface area contributed by atoms with Crippen LogP contribution in [0.4, 0.5) is 0 Å². The zero-order valence-electron chi connectivity index (χ0n) is 15.8. The van der Waals surface area contributed by atoms with Crippen LogP contribution in [-0.4, -0.2) is 21.2 Å². The van der Waals surface area contributed by atoms with E-state index in [1.807, 2.05) is 12.4 Å². The van der Waals surface area contributed by atoms with Gasteiger partial charge in [0.1, 0.15) is 6.33 Å². The van der Waals surface area contributed by atoms with Crippen molar-refractivity contribution in [2.45, 2.75) is 58.5 Å². The molecule has 136 valence electrons.